The molecule has 1 fully saturated rings. The first-order valence-corrected chi connectivity index (χ1v) is 11.6. The molecule has 0 saturated heterocycles. The first kappa shape index (κ1) is 25.6. The number of aryl methyl sites for hydroxylation is 1. The number of carbonyl (C=O) groups is 1. The number of hydrogen-bond acceptors (Lipinski definition) is 6. The number of carboxylic acids is 1. The normalized spacial score (nSPS) is 19.9. The van der Waals surface area contributed by atoms with Gasteiger partial charge < -0.3 is 15.5 Å². The van der Waals surface area contributed by atoms with Crippen molar-refractivity contribution in [2.75, 3.05) is 5.32 Å². The highest BCUT2D eigenvalue weighted by molar-refractivity contribution is 5.71. The Hall–Kier alpha value is -3.53. The van der Waals surface area contributed by atoms with Gasteiger partial charge in [-0.15, -0.1) is 0 Å². The molecule has 1 aromatic carbocycles. The number of alkyl halides is 3. The fourth-order valence-corrected chi connectivity index (χ4v) is 4.70. The third-order valence-electron chi connectivity index (χ3n) is 6.77. The monoisotopic (exact) mass is 500 g/mol. The summed E-state index contributed by atoms with van der Waals surface area (Å²) in [4.78, 5) is 23.2. The molecule has 4 rings (SSSR count). The fraction of sp³-hybridized carbons (Fsp3) is 0.385. The van der Waals surface area contributed by atoms with Crippen molar-refractivity contribution in [3.05, 3.63) is 65.7 Å². The molecule has 1 aliphatic carbocycles. The molecule has 190 valence electrons. The van der Waals surface area contributed by atoms with Crippen molar-refractivity contribution < 1.29 is 28.2 Å². The summed E-state index contributed by atoms with van der Waals surface area (Å²) in [6.07, 6.45) is 0.409. The van der Waals surface area contributed by atoms with Gasteiger partial charge in [0.2, 0.25) is 5.95 Å². The molecule has 0 aliphatic heterocycles. The van der Waals surface area contributed by atoms with Crippen LogP contribution in [0.15, 0.2) is 48.8 Å². The maximum Gasteiger partial charge on any atom is 0.433 e. The molecule has 10 heteroatoms. The van der Waals surface area contributed by atoms with E-state index in [1.165, 1.54) is 0 Å². The molecule has 3 aromatic rings. The van der Waals surface area contributed by atoms with Gasteiger partial charge in [-0.1, -0.05) is 12.1 Å². The number of pyridine rings is 1. The number of halogens is 3. The second-order valence-electron chi connectivity index (χ2n) is 9.44. The summed E-state index contributed by atoms with van der Waals surface area (Å²) < 4.78 is 38.9. The number of benzene rings is 1. The van der Waals surface area contributed by atoms with E-state index < -0.39 is 23.4 Å². The highest BCUT2D eigenvalue weighted by Crippen LogP contribution is 2.40. The summed E-state index contributed by atoms with van der Waals surface area (Å²) in [5.41, 5.74) is 1.22. The van der Waals surface area contributed by atoms with E-state index in [2.05, 4.69) is 20.3 Å². The maximum atomic E-state index is 13.0. The van der Waals surface area contributed by atoms with Crippen LogP contribution in [0.2, 0.25) is 0 Å². The summed E-state index contributed by atoms with van der Waals surface area (Å²) in [6, 6.07) is 9.85. The Labute approximate surface area is 206 Å². The van der Waals surface area contributed by atoms with Crippen LogP contribution in [0, 0.1) is 18.8 Å². The zero-order valence-corrected chi connectivity index (χ0v) is 19.9. The predicted octanol–water partition coefficient (Wildman–Crippen LogP) is 5.71. The second kappa shape index (κ2) is 9.85. The van der Waals surface area contributed by atoms with E-state index in [0.717, 1.165) is 29.0 Å². The van der Waals surface area contributed by atoms with Crippen LogP contribution in [0.4, 0.5) is 24.8 Å². The lowest BCUT2D eigenvalue weighted by Crippen LogP contribution is -2.36. The van der Waals surface area contributed by atoms with Gasteiger partial charge in [-0.25, -0.2) is 9.97 Å². The van der Waals surface area contributed by atoms with E-state index in [1.54, 1.807) is 31.3 Å². The smallest absolute Gasteiger partial charge is 0.433 e. The van der Waals surface area contributed by atoms with Crippen molar-refractivity contribution in [3.8, 4) is 11.1 Å². The van der Waals surface area contributed by atoms with Crippen LogP contribution in [-0.4, -0.2) is 31.1 Å². The number of aromatic nitrogens is 3. The van der Waals surface area contributed by atoms with Crippen molar-refractivity contribution in [2.24, 2.45) is 11.8 Å². The molecular formula is C26H27F3N4O3. The Bertz CT molecular complexity index is 1240. The molecule has 0 amide bonds. The van der Waals surface area contributed by atoms with Crippen LogP contribution in [0.3, 0.4) is 0 Å². The zero-order chi connectivity index (χ0) is 26.1. The third kappa shape index (κ3) is 5.64. The van der Waals surface area contributed by atoms with Gasteiger partial charge in [0.05, 0.1) is 11.6 Å². The molecule has 1 aliphatic rings. The number of rotatable bonds is 6. The van der Waals surface area contributed by atoms with E-state index in [0.29, 0.717) is 37.1 Å². The number of carboxylic acid groups (broad SMARTS) is 1. The number of anilines is 2. The van der Waals surface area contributed by atoms with Crippen molar-refractivity contribution in [1.82, 2.24) is 15.0 Å². The summed E-state index contributed by atoms with van der Waals surface area (Å²) in [6.45, 7) is 3.58. The lowest BCUT2D eigenvalue weighted by molar-refractivity contribution is -0.144. The minimum atomic E-state index is -4.57. The van der Waals surface area contributed by atoms with Gasteiger partial charge in [0.1, 0.15) is 11.3 Å². The minimum absolute atomic E-state index is 0.0892. The Balaban J connectivity index is 1.52. The van der Waals surface area contributed by atoms with Crippen molar-refractivity contribution >= 4 is 17.6 Å². The van der Waals surface area contributed by atoms with Gasteiger partial charge >= 0.3 is 12.1 Å². The Morgan fingerprint density at radius 1 is 1.00 bits per heavy atom. The first-order valence-electron chi connectivity index (χ1n) is 11.6. The van der Waals surface area contributed by atoms with Crippen LogP contribution in [0.25, 0.3) is 11.1 Å². The highest BCUT2D eigenvalue weighted by Gasteiger charge is 2.39. The molecule has 2 heterocycles. The first-order chi connectivity index (χ1) is 16.9. The van der Waals surface area contributed by atoms with Gasteiger partial charge in [0, 0.05) is 23.6 Å². The van der Waals surface area contributed by atoms with E-state index in [1.807, 2.05) is 19.1 Å². The SMILES string of the molecule is Cc1cc(Nc2nccc(C(F)(F)F)n2)cc(-c2ccc([C@](C)(O)C3CCC(C(=O)O)CC3)nc2)c1. The predicted molar refractivity (Wildman–Crippen MR) is 127 cm³/mol. The standard InChI is InChI=1S/C26H27F3N4O3/c1-15-11-18(13-20(12-15)32-24-30-10-9-22(33-24)26(27,28)29)17-5-8-21(31-14-17)25(2,36)19-6-3-16(4-7-19)23(34)35/h5,8-14,16,19,36H,3-4,6-7H2,1-2H3,(H,34,35)(H,30,32,33)/t16?,19?,25-/m1/s1. The van der Waals surface area contributed by atoms with Gasteiger partial charge in [-0.3, -0.25) is 9.78 Å². The van der Waals surface area contributed by atoms with Crippen LogP contribution >= 0.6 is 0 Å². The van der Waals surface area contributed by atoms with E-state index in [9.17, 15) is 28.2 Å². The summed E-state index contributed by atoms with van der Waals surface area (Å²) in [7, 11) is 0. The average Bonchev–Trinajstić information content (AvgIpc) is 2.83. The Morgan fingerprint density at radius 2 is 1.72 bits per heavy atom. The quantitative estimate of drug-likeness (QED) is 0.398. The van der Waals surface area contributed by atoms with Gasteiger partial charge in [0.15, 0.2) is 0 Å². The molecule has 36 heavy (non-hydrogen) atoms. The van der Waals surface area contributed by atoms with Crippen LogP contribution in [-0.2, 0) is 16.6 Å². The largest absolute Gasteiger partial charge is 0.481 e. The third-order valence-corrected chi connectivity index (χ3v) is 6.77. The molecular weight excluding hydrogens is 473 g/mol. The van der Waals surface area contributed by atoms with E-state index >= 15 is 0 Å². The second-order valence-corrected chi connectivity index (χ2v) is 9.44. The number of aliphatic hydroxyl groups is 1. The minimum Gasteiger partial charge on any atom is -0.481 e. The van der Waals surface area contributed by atoms with Crippen LogP contribution in [0.5, 0.6) is 0 Å². The van der Waals surface area contributed by atoms with Crippen molar-refractivity contribution in [3.63, 3.8) is 0 Å². The van der Waals surface area contributed by atoms with Gasteiger partial charge in [-0.05, 0) is 80.8 Å². The summed E-state index contributed by atoms with van der Waals surface area (Å²) in [5, 5.41) is 23.3. The van der Waals surface area contributed by atoms with Crippen molar-refractivity contribution in [1.29, 1.82) is 0 Å². The maximum absolute atomic E-state index is 13.0. The molecule has 0 bridgehead atoms. The van der Waals surface area contributed by atoms with E-state index in [-0.39, 0.29) is 17.8 Å². The molecule has 3 N–H and O–H groups in total. The number of hydrogen-bond donors (Lipinski definition) is 3. The highest BCUT2D eigenvalue weighted by atomic mass is 19.4. The molecule has 0 spiro atoms. The van der Waals surface area contributed by atoms with Gasteiger partial charge in [0.25, 0.3) is 0 Å². The van der Waals surface area contributed by atoms with Gasteiger partial charge in [-0.2, -0.15) is 13.2 Å². The summed E-state index contributed by atoms with van der Waals surface area (Å²) >= 11 is 0. The molecule has 0 radical (unpaired) electrons. The van der Waals surface area contributed by atoms with Crippen molar-refractivity contribution in [2.45, 2.75) is 51.3 Å². The Morgan fingerprint density at radius 3 is 2.33 bits per heavy atom. The topological polar surface area (TPSA) is 108 Å². The molecule has 7 nitrogen and oxygen atoms in total. The molecule has 1 atom stereocenters. The molecule has 2 aromatic heterocycles. The summed E-state index contributed by atoms with van der Waals surface area (Å²) in [5.74, 6) is -1.41. The van der Waals surface area contributed by atoms with Crippen LogP contribution in [0.1, 0.15) is 49.6 Å². The molecule has 0 unspecified atom stereocenters. The number of nitrogens with one attached hydrogen (secondary N) is 1. The molecule has 1 saturated carbocycles. The van der Waals surface area contributed by atoms with E-state index in [4.69, 9.17) is 0 Å². The van der Waals surface area contributed by atoms with Crippen LogP contribution < -0.4 is 5.32 Å². The fourth-order valence-electron chi connectivity index (χ4n) is 4.70. The Kier molecular flexibility index (Phi) is 6.99. The lowest BCUT2D eigenvalue weighted by atomic mass is 9.73. The zero-order valence-electron chi connectivity index (χ0n) is 19.9. The number of nitrogens with zero attached hydrogens (tertiary/aromatic N) is 3. The number of aliphatic carboxylic acids is 1. The average molecular weight is 501 g/mol. The lowest BCUT2D eigenvalue weighted by Gasteiger charge is -2.36.